The second-order valence-corrected chi connectivity index (χ2v) is 7.04. The van der Waals surface area contributed by atoms with Crippen LogP contribution in [-0.4, -0.2) is 15.8 Å². The number of rotatable bonds is 6. The van der Waals surface area contributed by atoms with E-state index in [0.29, 0.717) is 18.2 Å². The summed E-state index contributed by atoms with van der Waals surface area (Å²) in [7, 11) is 0. The Morgan fingerprint density at radius 1 is 0.778 bits per heavy atom. The van der Waals surface area contributed by atoms with E-state index in [1.165, 1.54) is 0 Å². The lowest BCUT2D eigenvalue weighted by molar-refractivity contribution is -0.385. The first-order chi connectivity index (χ1) is 16.6. The smallest absolute Gasteiger partial charge is 0.420 e. The van der Waals surface area contributed by atoms with E-state index in [4.69, 9.17) is 4.74 Å². The summed E-state index contributed by atoms with van der Waals surface area (Å²) in [6.07, 6.45) is -9.90. The SMILES string of the molecule is O=C(Nc1cc([N+](=O)[O-])cc(C(F)(F)F)c1)c1ccc(Oc2ccc([N+](=O)[O-])cc2C(F)(F)F)cc1. The van der Waals surface area contributed by atoms with Gasteiger partial charge in [-0.1, -0.05) is 0 Å². The predicted molar refractivity (Wildman–Crippen MR) is 111 cm³/mol. The highest BCUT2D eigenvalue weighted by atomic mass is 19.4. The quantitative estimate of drug-likeness (QED) is 0.225. The molecule has 0 unspecified atom stereocenters. The Hall–Kier alpha value is -4.69. The fourth-order valence-electron chi connectivity index (χ4n) is 2.90. The molecule has 0 aromatic heterocycles. The molecule has 0 fully saturated rings. The van der Waals surface area contributed by atoms with Gasteiger partial charge >= 0.3 is 12.4 Å². The van der Waals surface area contributed by atoms with Crippen molar-refractivity contribution in [3.63, 3.8) is 0 Å². The molecule has 188 valence electrons. The number of ether oxygens (including phenoxy) is 1. The van der Waals surface area contributed by atoms with E-state index in [-0.39, 0.29) is 11.3 Å². The topological polar surface area (TPSA) is 125 Å². The second-order valence-electron chi connectivity index (χ2n) is 7.04. The molecule has 0 saturated heterocycles. The third-order valence-electron chi connectivity index (χ3n) is 4.54. The molecule has 1 N–H and O–H groups in total. The van der Waals surface area contributed by atoms with E-state index < -0.39 is 62.0 Å². The van der Waals surface area contributed by atoms with Gasteiger partial charge in [0, 0.05) is 35.5 Å². The number of alkyl halides is 6. The van der Waals surface area contributed by atoms with E-state index in [1.807, 2.05) is 0 Å². The van der Waals surface area contributed by atoms with Gasteiger partial charge in [0.1, 0.15) is 17.1 Å². The molecule has 0 atom stereocenters. The molecule has 0 aliphatic rings. The van der Waals surface area contributed by atoms with Gasteiger partial charge in [-0.05, 0) is 36.4 Å². The minimum absolute atomic E-state index is 0.165. The van der Waals surface area contributed by atoms with Crippen LogP contribution in [0.4, 0.5) is 43.4 Å². The fraction of sp³-hybridized carbons (Fsp3) is 0.0952. The lowest BCUT2D eigenvalue weighted by Crippen LogP contribution is -2.13. The van der Waals surface area contributed by atoms with Crippen molar-refractivity contribution < 1.29 is 45.7 Å². The Labute approximate surface area is 196 Å². The summed E-state index contributed by atoms with van der Waals surface area (Å²) >= 11 is 0. The third-order valence-corrected chi connectivity index (χ3v) is 4.54. The van der Waals surface area contributed by atoms with E-state index in [9.17, 15) is 51.4 Å². The summed E-state index contributed by atoms with van der Waals surface area (Å²) in [5.41, 5.74) is -5.17. The van der Waals surface area contributed by atoms with Crippen LogP contribution in [0.3, 0.4) is 0 Å². The van der Waals surface area contributed by atoms with Gasteiger partial charge < -0.3 is 10.1 Å². The number of anilines is 1. The average molecular weight is 515 g/mol. The van der Waals surface area contributed by atoms with Gasteiger partial charge in [0.25, 0.3) is 17.3 Å². The minimum Gasteiger partial charge on any atom is -0.457 e. The normalized spacial score (nSPS) is 11.6. The zero-order valence-electron chi connectivity index (χ0n) is 17.4. The number of halogens is 6. The number of nitro groups is 2. The van der Waals surface area contributed by atoms with Crippen molar-refractivity contribution >= 4 is 23.0 Å². The molecule has 36 heavy (non-hydrogen) atoms. The maximum Gasteiger partial charge on any atom is 0.420 e. The molecule has 0 saturated carbocycles. The summed E-state index contributed by atoms with van der Waals surface area (Å²) in [4.78, 5) is 32.0. The van der Waals surface area contributed by atoms with E-state index in [0.717, 1.165) is 42.5 Å². The lowest BCUT2D eigenvalue weighted by atomic mass is 10.1. The minimum atomic E-state index is -4.98. The number of nitrogens with zero attached hydrogens (tertiary/aromatic N) is 2. The molecule has 0 aliphatic heterocycles. The van der Waals surface area contributed by atoms with Gasteiger partial charge in [-0.3, -0.25) is 25.0 Å². The zero-order chi connectivity index (χ0) is 26.8. The number of non-ortho nitro benzene ring substituents is 2. The highest BCUT2D eigenvalue weighted by molar-refractivity contribution is 6.04. The van der Waals surface area contributed by atoms with Gasteiger partial charge in [0.05, 0.1) is 15.4 Å². The Balaban J connectivity index is 1.82. The fourth-order valence-corrected chi connectivity index (χ4v) is 2.90. The molecule has 1 amide bonds. The lowest BCUT2D eigenvalue weighted by Gasteiger charge is -2.14. The number of benzene rings is 3. The van der Waals surface area contributed by atoms with Gasteiger partial charge in [-0.15, -0.1) is 0 Å². The first-order valence-corrected chi connectivity index (χ1v) is 9.47. The van der Waals surface area contributed by atoms with Gasteiger partial charge in [-0.2, -0.15) is 26.3 Å². The largest absolute Gasteiger partial charge is 0.457 e. The summed E-state index contributed by atoms with van der Waals surface area (Å²) in [6.45, 7) is 0. The van der Waals surface area contributed by atoms with Gasteiger partial charge in [-0.25, -0.2) is 0 Å². The first-order valence-electron chi connectivity index (χ1n) is 9.47. The molecule has 0 spiro atoms. The van der Waals surface area contributed by atoms with Crippen LogP contribution >= 0.6 is 0 Å². The number of carbonyl (C=O) groups is 1. The molecule has 3 aromatic rings. The van der Waals surface area contributed by atoms with Crippen LogP contribution in [0.25, 0.3) is 0 Å². The van der Waals surface area contributed by atoms with Crippen molar-refractivity contribution in [2.45, 2.75) is 12.4 Å². The number of carbonyl (C=O) groups excluding carboxylic acids is 1. The van der Waals surface area contributed by atoms with Crippen molar-refractivity contribution in [3.8, 4) is 11.5 Å². The Kier molecular flexibility index (Phi) is 6.85. The molecular weight excluding hydrogens is 504 g/mol. The molecular formula is C21H11F6N3O6. The summed E-state index contributed by atoms with van der Waals surface area (Å²) in [5.74, 6) is -1.91. The van der Waals surface area contributed by atoms with E-state index >= 15 is 0 Å². The van der Waals surface area contributed by atoms with Crippen LogP contribution in [0.5, 0.6) is 11.5 Å². The molecule has 0 radical (unpaired) electrons. The number of amides is 1. The Morgan fingerprint density at radius 3 is 1.92 bits per heavy atom. The molecule has 0 aliphatic carbocycles. The van der Waals surface area contributed by atoms with E-state index in [2.05, 4.69) is 5.32 Å². The van der Waals surface area contributed by atoms with Gasteiger partial charge in [0.15, 0.2) is 0 Å². The van der Waals surface area contributed by atoms with Crippen LogP contribution in [0.15, 0.2) is 60.7 Å². The van der Waals surface area contributed by atoms with Gasteiger partial charge in [0.2, 0.25) is 0 Å². The van der Waals surface area contributed by atoms with Crippen LogP contribution in [0.1, 0.15) is 21.5 Å². The molecule has 0 heterocycles. The summed E-state index contributed by atoms with van der Waals surface area (Å²) in [5, 5.41) is 23.8. The standard InChI is InChI=1S/C21H11F6N3O6/c22-20(23,24)12-7-13(9-15(8-12)30(34)35)28-19(31)11-1-4-16(5-2-11)36-18-6-3-14(29(32)33)10-17(18)21(25,26)27/h1-10H,(H,28,31). The monoisotopic (exact) mass is 515 g/mol. The second kappa shape index (κ2) is 9.52. The molecule has 0 bridgehead atoms. The maximum atomic E-state index is 13.3. The van der Waals surface area contributed by atoms with Crippen LogP contribution < -0.4 is 10.1 Å². The van der Waals surface area contributed by atoms with E-state index in [1.54, 1.807) is 0 Å². The van der Waals surface area contributed by atoms with Crippen molar-refractivity contribution in [2.24, 2.45) is 0 Å². The number of nitro benzene ring substituents is 2. The molecule has 3 aromatic carbocycles. The van der Waals surface area contributed by atoms with Crippen molar-refractivity contribution in [2.75, 3.05) is 5.32 Å². The molecule has 3 rings (SSSR count). The highest BCUT2D eigenvalue weighted by Gasteiger charge is 2.36. The van der Waals surface area contributed by atoms with Crippen LogP contribution in [0.2, 0.25) is 0 Å². The summed E-state index contributed by atoms with van der Waals surface area (Å²) < 4.78 is 84.0. The zero-order valence-corrected chi connectivity index (χ0v) is 17.4. The maximum absolute atomic E-state index is 13.3. The van der Waals surface area contributed by atoms with Crippen LogP contribution in [0, 0.1) is 20.2 Å². The van der Waals surface area contributed by atoms with Crippen molar-refractivity contribution in [1.29, 1.82) is 0 Å². The number of nitrogens with one attached hydrogen (secondary N) is 1. The molecule has 9 nitrogen and oxygen atoms in total. The average Bonchev–Trinajstić information content (AvgIpc) is 2.78. The first kappa shape index (κ1) is 25.9. The predicted octanol–water partition coefficient (Wildman–Crippen LogP) is 6.59. The van der Waals surface area contributed by atoms with Crippen LogP contribution in [-0.2, 0) is 12.4 Å². The molecule has 15 heteroatoms. The van der Waals surface area contributed by atoms with Crippen molar-refractivity contribution in [3.05, 3.63) is 97.6 Å². The Morgan fingerprint density at radius 2 is 1.39 bits per heavy atom. The Bertz CT molecular complexity index is 1340. The summed E-state index contributed by atoms with van der Waals surface area (Å²) in [6, 6.07) is 7.67. The number of hydrogen-bond acceptors (Lipinski definition) is 6. The highest BCUT2D eigenvalue weighted by Crippen LogP contribution is 2.40. The third kappa shape index (κ3) is 6.05. The van der Waals surface area contributed by atoms with Crippen molar-refractivity contribution in [1.82, 2.24) is 0 Å². The number of hydrogen-bond donors (Lipinski definition) is 1.